The van der Waals surface area contributed by atoms with Gasteiger partial charge in [0.05, 0.1) is 12.2 Å². The van der Waals surface area contributed by atoms with Crippen LogP contribution in [0.25, 0.3) is 0 Å². The van der Waals surface area contributed by atoms with E-state index in [1.807, 2.05) is 6.92 Å². The molecule has 0 aliphatic heterocycles. The largest absolute Gasteiger partial charge is 0.463 e. The molecule has 0 aromatic heterocycles. The molecule has 0 aliphatic rings. The number of carbonyl (C=O) groups excluding carboxylic acids is 1. The van der Waals surface area contributed by atoms with Crippen molar-refractivity contribution in [3.63, 3.8) is 0 Å². The van der Waals surface area contributed by atoms with Gasteiger partial charge < -0.3 is 10.1 Å². The molecule has 21 heavy (non-hydrogen) atoms. The third kappa shape index (κ3) is 5.89. The second-order valence-corrected chi connectivity index (χ2v) is 4.38. The number of hydrogen-bond acceptors (Lipinski definition) is 3. The molecular formula is C15H18F3NO2. The van der Waals surface area contributed by atoms with Gasteiger partial charge in [0.1, 0.15) is 0 Å². The summed E-state index contributed by atoms with van der Waals surface area (Å²) in [6, 6.07) is 4.84. The number of halogens is 3. The maximum atomic E-state index is 12.6. The summed E-state index contributed by atoms with van der Waals surface area (Å²) in [5, 5.41) is 2.84. The first kappa shape index (κ1) is 17.1. The van der Waals surface area contributed by atoms with Crippen LogP contribution >= 0.6 is 0 Å². The van der Waals surface area contributed by atoms with Gasteiger partial charge in [-0.3, -0.25) is 0 Å². The van der Waals surface area contributed by atoms with Gasteiger partial charge in [0.15, 0.2) is 0 Å². The first-order valence-electron chi connectivity index (χ1n) is 6.68. The minimum absolute atomic E-state index is 0.248. The molecule has 0 bridgehead atoms. The second-order valence-electron chi connectivity index (χ2n) is 4.38. The molecule has 1 N–H and O–H groups in total. The average molecular weight is 301 g/mol. The molecular weight excluding hydrogens is 283 g/mol. The molecule has 0 fully saturated rings. The molecule has 1 aromatic carbocycles. The van der Waals surface area contributed by atoms with Gasteiger partial charge in [0.2, 0.25) is 0 Å². The highest BCUT2D eigenvalue weighted by Gasteiger charge is 2.30. The Labute approximate surface area is 121 Å². The number of carbonyl (C=O) groups is 1. The van der Waals surface area contributed by atoms with Gasteiger partial charge in [0.25, 0.3) is 0 Å². The van der Waals surface area contributed by atoms with Crippen molar-refractivity contribution in [3.8, 4) is 0 Å². The summed E-state index contributed by atoms with van der Waals surface area (Å²) in [6.45, 7) is 3.84. The number of anilines is 1. The Morgan fingerprint density at radius 2 is 2.05 bits per heavy atom. The lowest BCUT2D eigenvalue weighted by Gasteiger charge is -2.13. The quantitative estimate of drug-likeness (QED) is 0.626. The smallest absolute Gasteiger partial charge is 0.416 e. The Kier molecular flexibility index (Phi) is 6.27. The van der Waals surface area contributed by atoms with Gasteiger partial charge in [-0.1, -0.05) is 19.4 Å². The normalized spacial score (nSPS) is 12.1. The molecule has 0 saturated heterocycles. The number of esters is 1. The molecule has 0 heterocycles. The zero-order valence-corrected chi connectivity index (χ0v) is 12.0. The Morgan fingerprint density at radius 3 is 2.62 bits per heavy atom. The number of hydrogen-bond donors (Lipinski definition) is 1. The lowest BCUT2D eigenvalue weighted by Crippen LogP contribution is -2.08. The molecule has 1 aromatic rings. The third-order valence-electron chi connectivity index (χ3n) is 2.59. The van der Waals surface area contributed by atoms with Crippen molar-refractivity contribution >= 4 is 11.7 Å². The van der Waals surface area contributed by atoms with Crippen LogP contribution in [0.1, 0.15) is 32.3 Å². The van der Waals surface area contributed by atoms with Crippen molar-refractivity contribution in [3.05, 3.63) is 41.6 Å². The molecule has 0 radical (unpaired) electrons. The van der Waals surface area contributed by atoms with E-state index in [9.17, 15) is 18.0 Å². The highest BCUT2D eigenvalue weighted by molar-refractivity contribution is 5.83. The van der Waals surface area contributed by atoms with E-state index in [-0.39, 0.29) is 12.3 Å². The minimum atomic E-state index is -4.40. The van der Waals surface area contributed by atoms with Crippen LogP contribution in [0.15, 0.2) is 36.0 Å². The minimum Gasteiger partial charge on any atom is -0.463 e. The van der Waals surface area contributed by atoms with Crippen LogP contribution in [0.4, 0.5) is 18.9 Å². The molecule has 1 rings (SSSR count). The summed E-state index contributed by atoms with van der Waals surface area (Å²) >= 11 is 0. The SMILES string of the molecule is CCC/C(=C/C(=O)OCC)Nc1cccc(C(F)(F)F)c1. The number of benzene rings is 1. The van der Waals surface area contributed by atoms with Crippen LogP contribution < -0.4 is 5.32 Å². The lowest BCUT2D eigenvalue weighted by atomic mass is 10.1. The van der Waals surface area contributed by atoms with E-state index >= 15 is 0 Å². The Hall–Kier alpha value is -1.98. The molecule has 6 heteroatoms. The number of allylic oxidation sites excluding steroid dienone is 1. The first-order chi connectivity index (χ1) is 9.86. The van der Waals surface area contributed by atoms with Gasteiger partial charge in [-0.15, -0.1) is 0 Å². The number of nitrogens with one attached hydrogen (secondary N) is 1. The molecule has 0 aliphatic carbocycles. The third-order valence-corrected chi connectivity index (χ3v) is 2.59. The van der Waals surface area contributed by atoms with Gasteiger partial charge >= 0.3 is 12.1 Å². The maximum absolute atomic E-state index is 12.6. The van der Waals surface area contributed by atoms with Crippen molar-refractivity contribution in [2.75, 3.05) is 11.9 Å². The van der Waals surface area contributed by atoms with Gasteiger partial charge in [-0.25, -0.2) is 4.79 Å². The maximum Gasteiger partial charge on any atom is 0.416 e. The molecule has 0 amide bonds. The van der Waals surface area contributed by atoms with E-state index in [1.54, 1.807) is 6.92 Å². The van der Waals surface area contributed by atoms with Crippen molar-refractivity contribution in [1.82, 2.24) is 0 Å². The van der Waals surface area contributed by atoms with Crippen LogP contribution in [-0.2, 0) is 15.7 Å². The monoisotopic (exact) mass is 301 g/mol. The average Bonchev–Trinajstić information content (AvgIpc) is 2.38. The van der Waals surface area contributed by atoms with E-state index < -0.39 is 17.7 Å². The summed E-state index contributed by atoms with van der Waals surface area (Å²) < 4.78 is 42.7. The van der Waals surface area contributed by atoms with Gasteiger partial charge in [0, 0.05) is 17.5 Å². The van der Waals surface area contributed by atoms with Crippen LogP contribution in [-0.4, -0.2) is 12.6 Å². The zero-order chi connectivity index (χ0) is 15.9. The standard InChI is InChI=1S/C15H18F3NO2/c1-3-6-12(10-14(20)21-4-2)19-13-8-5-7-11(9-13)15(16,17)18/h5,7-10,19H,3-4,6H2,1-2H3/b12-10-. The fourth-order valence-corrected chi connectivity index (χ4v) is 1.72. The first-order valence-corrected chi connectivity index (χ1v) is 6.68. The van der Waals surface area contributed by atoms with Gasteiger partial charge in [-0.2, -0.15) is 13.2 Å². The summed E-state index contributed by atoms with van der Waals surface area (Å²) in [5.74, 6) is -0.513. The van der Waals surface area contributed by atoms with E-state index in [0.717, 1.165) is 18.6 Å². The Balaban J connectivity index is 2.91. The van der Waals surface area contributed by atoms with E-state index in [0.29, 0.717) is 12.1 Å². The number of ether oxygens (including phenoxy) is 1. The van der Waals surface area contributed by atoms with E-state index in [4.69, 9.17) is 4.74 Å². The zero-order valence-electron chi connectivity index (χ0n) is 12.0. The molecule has 0 saturated carbocycles. The predicted octanol–water partition coefficient (Wildman–Crippen LogP) is 4.36. The van der Waals surface area contributed by atoms with Gasteiger partial charge in [-0.05, 0) is 31.5 Å². The second kappa shape index (κ2) is 7.71. The van der Waals surface area contributed by atoms with Crippen molar-refractivity contribution in [2.45, 2.75) is 32.9 Å². The summed E-state index contributed by atoms with van der Waals surface area (Å²) in [5.41, 5.74) is 0.0728. The van der Waals surface area contributed by atoms with Crippen molar-refractivity contribution < 1.29 is 22.7 Å². The lowest BCUT2D eigenvalue weighted by molar-refractivity contribution is -0.138. The molecule has 0 atom stereocenters. The van der Waals surface area contributed by atoms with Crippen LogP contribution in [0.2, 0.25) is 0 Å². The van der Waals surface area contributed by atoms with Crippen LogP contribution in [0.3, 0.4) is 0 Å². The fraction of sp³-hybridized carbons (Fsp3) is 0.400. The summed E-state index contributed by atoms with van der Waals surface area (Å²) in [4.78, 5) is 11.4. The predicted molar refractivity (Wildman–Crippen MR) is 74.7 cm³/mol. The van der Waals surface area contributed by atoms with Crippen molar-refractivity contribution in [1.29, 1.82) is 0 Å². The van der Waals surface area contributed by atoms with Crippen LogP contribution in [0, 0.1) is 0 Å². The number of alkyl halides is 3. The van der Waals surface area contributed by atoms with E-state index in [1.165, 1.54) is 18.2 Å². The molecule has 0 spiro atoms. The molecule has 116 valence electrons. The molecule has 3 nitrogen and oxygen atoms in total. The highest BCUT2D eigenvalue weighted by atomic mass is 19.4. The molecule has 0 unspecified atom stereocenters. The summed E-state index contributed by atoms with van der Waals surface area (Å²) in [7, 11) is 0. The van der Waals surface area contributed by atoms with Crippen molar-refractivity contribution in [2.24, 2.45) is 0 Å². The van der Waals surface area contributed by atoms with Crippen LogP contribution in [0.5, 0.6) is 0 Å². The number of rotatable bonds is 6. The topological polar surface area (TPSA) is 38.3 Å². The summed E-state index contributed by atoms with van der Waals surface area (Å²) in [6.07, 6.45) is -1.84. The fourth-order valence-electron chi connectivity index (χ4n) is 1.72. The van der Waals surface area contributed by atoms with E-state index in [2.05, 4.69) is 5.32 Å². The Bertz CT molecular complexity index is 510. The highest BCUT2D eigenvalue weighted by Crippen LogP contribution is 2.31. The Morgan fingerprint density at radius 1 is 1.33 bits per heavy atom.